The molecule has 15 nitrogen and oxygen atoms in total. The van der Waals surface area contributed by atoms with E-state index in [0.717, 1.165) is 0 Å². The van der Waals surface area contributed by atoms with Crippen molar-refractivity contribution in [3.05, 3.63) is 34.4 Å². The van der Waals surface area contributed by atoms with E-state index in [1.54, 1.807) is 32.0 Å². The van der Waals surface area contributed by atoms with E-state index >= 15 is 0 Å². The third kappa shape index (κ3) is 8.98. The number of esters is 3. The maximum atomic E-state index is 12.5. The summed E-state index contributed by atoms with van der Waals surface area (Å²) in [5.41, 5.74) is -0.0311. The van der Waals surface area contributed by atoms with E-state index in [4.69, 9.17) is 42.6 Å². The van der Waals surface area contributed by atoms with Crippen molar-refractivity contribution in [2.24, 2.45) is 5.92 Å². The van der Waals surface area contributed by atoms with Crippen LogP contribution in [0.3, 0.4) is 0 Å². The molecule has 1 aromatic rings. The van der Waals surface area contributed by atoms with Gasteiger partial charge >= 0.3 is 267 Å². The summed E-state index contributed by atoms with van der Waals surface area (Å²) in [4.78, 5) is 47.9. The zero-order valence-corrected chi connectivity index (χ0v) is 27.6. The Labute approximate surface area is 266 Å². The van der Waals surface area contributed by atoms with Crippen molar-refractivity contribution in [2.75, 3.05) is 20.5 Å². The number of carbonyl (C=O) groups is 3. The molecule has 0 aromatic heterocycles. The molecule has 0 aliphatic carbocycles. The van der Waals surface area contributed by atoms with Gasteiger partial charge in [-0.25, -0.2) is 0 Å². The van der Waals surface area contributed by atoms with Crippen molar-refractivity contribution in [3.63, 3.8) is 0 Å². The van der Waals surface area contributed by atoms with Crippen LogP contribution in [0.25, 0.3) is 0 Å². The molecule has 1 aromatic carbocycles. The van der Waals surface area contributed by atoms with Gasteiger partial charge in [0.2, 0.25) is 0 Å². The van der Waals surface area contributed by atoms with Crippen molar-refractivity contribution in [3.8, 4) is 0 Å². The van der Waals surface area contributed by atoms with Crippen molar-refractivity contribution in [1.82, 2.24) is 0 Å². The summed E-state index contributed by atoms with van der Waals surface area (Å²) in [6.07, 6.45) is -6.55. The Morgan fingerprint density at radius 3 is 2.42 bits per heavy atom. The molecule has 3 aliphatic rings. The molecule has 0 spiro atoms. The van der Waals surface area contributed by atoms with Crippen LogP contribution in [0, 0.1) is 16.0 Å². The number of carbonyl (C=O) groups excluding carboxylic acids is 3. The van der Waals surface area contributed by atoms with Gasteiger partial charge in [-0.3, -0.25) is 0 Å². The molecule has 9 atom stereocenters. The molecular formula is C29H39NO14Se. The van der Waals surface area contributed by atoms with E-state index in [9.17, 15) is 24.5 Å². The number of hydrogen-bond donors (Lipinski definition) is 0. The number of para-hydroxylation sites is 1. The molecule has 3 aliphatic heterocycles. The molecule has 250 valence electrons. The first-order valence-corrected chi connectivity index (χ1v) is 16.5. The monoisotopic (exact) mass is 705 g/mol. The predicted molar refractivity (Wildman–Crippen MR) is 153 cm³/mol. The fourth-order valence-corrected chi connectivity index (χ4v) is 8.40. The standard InChI is InChI=1S/C29H39NO14Se/c1-15(31)39-20(11-21-26(41-17(3)33)27-28(42-21)44-29(4,5)43-27)18(13-45-23-10-8-7-9-19(23)30(34)35)24-25(38-14-36-6)22(12-37-24)40-16(2)32/h7-10,18,20-22,24-28H,11-14H2,1-6H3/t18-,20+,21+,22-,24+,25+,26-,27+,28+/m0/s1. The van der Waals surface area contributed by atoms with Gasteiger partial charge in [-0.2, -0.15) is 0 Å². The number of fused-ring (bicyclic) bond motifs is 1. The van der Waals surface area contributed by atoms with E-state index in [1.807, 2.05) is 0 Å². The normalized spacial score (nSPS) is 29.9. The minimum absolute atomic E-state index is 0.00266. The second-order valence-corrected chi connectivity index (χ2v) is 13.5. The molecule has 4 rings (SSSR count). The molecule has 45 heavy (non-hydrogen) atoms. The summed E-state index contributed by atoms with van der Waals surface area (Å²) in [5.74, 6) is -3.30. The SMILES string of the molecule is COCO[C@H]1[C@@H]([C@@H](C[Se]c2ccccc2[N+](=O)[O-])[C@@H](C[C@H]2O[C@@H]3OC(C)(C)O[C@@H]3[C@H]2OC(C)=O)OC(C)=O)OC[C@@H]1OC(C)=O. The fraction of sp³-hybridized carbons (Fsp3) is 0.690. The quantitative estimate of drug-likeness (QED) is 0.0678. The molecule has 0 N–H and O–H groups in total. The number of nitrogens with zero attached hydrogens (tertiary/aromatic N) is 1. The molecule has 16 heteroatoms. The fourth-order valence-electron chi connectivity index (χ4n) is 5.79. The van der Waals surface area contributed by atoms with Crippen molar-refractivity contribution in [2.45, 2.75) is 101 Å². The van der Waals surface area contributed by atoms with Gasteiger partial charge in [0.05, 0.1) is 0 Å². The van der Waals surface area contributed by atoms with Gasteiger partial charge in [0.25, 0.3) is 0 Å². The third-order valence-corrected chi connectivity index (χ3v) is 9.94. The van der Waals surface area contributed by atoms with Crippen LogP contribution in [0.15, 0.2) is 24.3 Å². The Kier molecular flexibility index (Phi) is 11.9. The van der Waals surface area contributed by atoms with Crippen LogP contribution >= 0.6 is 0 Å². The van der Waals surface area contributed by atoms with E-state index in [1.165, 1.54) is 33.9 Å². The Balaban J connectivity index is 1.68. The number of ether oxygens (including phenoxy) is 9. The molecule has 0 bridgehead atoms. The number of benzene rings is 1. The van der Waals surface area contributed by atoms with Crippen LogP contribution < -0.4 is 4.46 Å². The van der Waals surface area contributed by atoms with Gasteiger partial charge in [0.1, 0.15) is 0 Å². The van der Waals surface area contributed by atoms with E-state index in [-0.39, 0.29) is 30.8 Å². The van der Waals surface area contributed by atoms with Gasteiger partial charge in [-0.05, 0) is 0 Å². The van der Waals surface area contributed by atoms with Gasteiger partial charge in [-0.15, -0.1) is 0 Å². The molecule has 3 fully saturated rings. The van der Waals surface area contributed by atoms with Crippen LogP contribution in [0.2, 0.25) is 5.32 Å². The first-order valence-electron chi connectivity index (χ1n) is 14.4. The molecule has 3 saturated heterocycles. The summed E-state index contributed by atoms with van der Waals surface area (Å²) in [7, 11) is 1.44. The summed E-state index contributed by atoms with van der Waals surface area (Å²) in [6.45, 7) is 7.09. The average molecular weight is 705 g/mol. The van der Waals surface area contributed by atoms with Gasteiger partial charge in [0, 0.05) is 0 Å². The van der Waals surface area contributed by atoms with Gasteiger partial charge < -0.3 is 0 Å². The number of hydrogen-bond acceptors (Lipinski definition) is 14. The molecule has 3 heterocycles. The van der Waals surface area contributed by atoms with Gasteiger partial charge in [-0.1, -0.05) is 0 Å². The predicted octanol–water partition coefficient (Wildman–Crippen LogP) is 1.41. The van der Waals surface area contributed by atoms with Crippen LogP contribution in [-0.2, 0) is 57.0 Å². The summed E-state index contributed by atoms with van der Waals surface area (Å²) in [5, 5.41) is 12.1. The first kappa shape index (κ1) is 35.2. The minimum atomic E-state index is -0.973. The average Bonchev–Trinajstić information content (AvgIpc) is 3.57. The number of nitro benzene ring substituents is 1. The molecule has 0 radical (unpaired) electrons. The van der Waals surface area contributed by atoms with Crippen molar-refractivity contribution < 1.29 is 61.9 Å². The summed E-state index contributed by atoms with van der Waals surface area (Å²) < 4.78 is 52.9. The number of methoxy groups -OCH3 is 1. The molecule has 0 saturated carbocycles. The van der Waals surface area contributed by atoms with E-state index in [0.29, 0.717) is 4.46 Å². The van der Waals surface area contributed by atoms with Crippen LogP contribution in [0.4, 0.5) is 5.69 Å². The maximum absolute atomic E-state index is 12.5. The second kappa shape index (κ2) is 15.3. The second-order valence-electron chi connectivity index (χ2n) is 11.3. The molecular weight excluding hydrogens is 665 g/mol. The van der Waals surface area contributed by atoms with Gasteiger partial charge in [0.15, 0.2) is 0 Å². The Morgan fingerprint density at radius 2 is 1.78 bits per heavy atom. The topological polar surface area (TPSA) is 177 Å². The molecule has 0 amide bonds. The Bertz CT molecular complexity index is 1230. The van der Waals surface area contributed by atoms with Crippen LogP contribution in [0.5, 0.6) is 0 Å². The molecule has 0 unspecified atom stereocenters. The third-order valence-electron chi connectivity index (χ3n) is 7.40. The van der Waals surface area contributed by atoms with Crippen LogP contribution in [-0.4, -0.2) is 113 Å². The van der Waals surface area contributed by atoms with Crippen molar-refractivity contribution in [1.29, 1.82) is 0 Å². The summed E-state index contributed by atoms with van der Waals surface area (Å²) >= 11 is -0.514. The Hall–Kier alpha value is -2.69. The Morgan fingerprint density at radius 1 is 1.07 bits per heavy atom. The number of rotatable bonds is 14. The zero-order chi connectivity index (χ0) is 32.9. The zero-order valence-electron chi connectivity index (χ0n) is 25.9. The first-order chi connectivity index (χ1) is 21.3. The van der Waals surface area contributed by atoms with E-state index < -0.39 is 98.5 Å². The van der Waals surface area contributed by atoms with Crippen molar-refractivity contribution >= 4 is 43.0 Å². The summed E-state index contributed by atoms with van der Waals surface area (Å²) in [6, 6.07) is 6.41. The number of nitro groups is 1. The van der Waals surface area contributed by atoms with E-state index in [2.05, 4.69) is 0 Å². The van der Waals surface area contributed by atoms with Crippen LogP contribution in [0.1, 0.15) is 41.0 Å².